The first-order valence-electron chi connectivity index (χ1n) is 7.55. The third-order valence-electron chi connectivity index (χ3n) is 4.71. The molecule has 102 valence electrons. The molecule has 0 radical (unpaired) electrons. The molecule has 2 aliphatic heterocycles. The number of rotatable bonds is 4. The number of carbonyl (C=O) groups excluding carboxylic acids is 1. The molecule has 3 unspecified atom stereocenters. The summed E-state index contributed by atoms with van der Waals surface area (Å²) in [5.41, 5.74) is 0. The number of nitrogens with one attached hydrogen (secondary N) is 2. The van der Waals surface area contributed by atoms with Crippen LogP contribution in [0.1, 0.15) is 45.4 Å². The molecule has 2 saturated heterocycles. The minimum atomic E-state index is 0.0421. The van der Waals surface area contributed by atoms with Crippen molar-refractivity contribution in [1.82, 2.24) is 15.5 Å². The van der Waals surface area contributed by atoms with E-state index >= 15 is 0 Å². The number of hydrogen-bond acceptors (Lipinski definition) is 3. The second-order valence-electron chi connectivity index (χ2n) is 6.11. The van der Waals surface area contributed by atoms with Gasteiger partial charge in [-0.05, 0) is 58.5 Å². The lowest BCUT2D eigenvalue weighted by Crippen LogP contribution is -2.52. The molecule has 3 atom stereocenters. The second-order valence-corrected chi connectivity index (χ2v) is 6.11. The second kappa shape index (κ2) is 5.17. The van der Waals surface area contributed by atoms with E-state index in [2.05, 4.69) is 22.5 Å². The van der Waals surface area contributed by atoms with Crippen molar-refractivity contribution in [2.75, 3.05) is 13.1 Å². The van der Waals surface area contributed by atoms with Crippen LogP contribution in [0.25, 0.3) is 0 Å². The number of likely N-dealkylation sites (tertiary alicyclic amines) is 1. The van der Waals surface area contributed by atoms with E-state index < -0.39 is 0 Å². The van der Waals surface area contributed by atoms with E-state index in [4.69, 9.17) is 0 Å². The summed E-state index contributed by atoms with van der Waals surface area (Å²) >= 11 is 0. The molecule has 1 aliphatic carbocycles. The lowest BCUT2D eigenvalue weighted by atomic mass is 10.0. The highest BCUT2D eigenvalue weighted by Crippen LogP contribution is 2.27. The molecule has 0 aromatic carbocycles. The van der Waals surface area contributed by atoms with Gasteiger partial charge in [0.2, 0.25) is 5.91 Å². The Hall–Kier alpha value is -0.610. The van der Waals surface area contributed by atoms with Crippen LogP contribution >= 0.6 is 0 Å². The van der Waals surface area contributed by atoms with Gasteiger partial charge in [0.1, 0.15) is 0 Å². The van der Waals surface area contributed by atoms with Crippen LogP contribution in [-0.4, -0.2) is 48.1 Å². The standard InChI is InChI=1S/C14H25N3O/c1-10(14(18)16-11-6-7-11)17-9-3-5-13(17)12-4-2-8-15-12/h10-13,15H,2-9H2,1H3,(H,16,18). The maximum absolute atomic E-state index is 12.2. The van der Waals surface area contributed by atoms with Gasteiger partial charge >= 0.3 is 0 Å². The predicted molar refractivity (Wildman–Crippen MR) is 71.4 cm³/mol. The molecule has 0 aromatic heterocycles. The Labute approximate surface area is 109 Å². The monoisotopic (exact) mass is 251 g/mol. The Morgan fingerprint density at radius 2 is 2.11 bits per heavy atom. The largest absolute Gasteiger partial charge is 0.352 e. The first kappa shape index (κ1) is 12.4. The third kappa shape index (κ3) is 2.54. The minimum Gasteiger partial charge on any atom is -0.352 e. The number of amides is 1. The van der Waals surface area contributed by atoms with Crippen LogP contribution in [0.2, 0.25) is 0 Å². The molecule has 3 aliphatic rings. The van der Waals surface area contributed by atoms with Crippen molar-refractivity contribution in [2.24, 2.45) is 0 Å². The molecule has 2 heterocycles. The molecule has 3 fully saturated rings. The Balaban J connectivity index is 1.59. The highest BCUT2D eigenvalue weighted by molar-refractivity contribution is 5.82. The van der Waals surface area contributed by atoms with E-state index in [1.54, 1.807) is 0 Å². The molecule has 18 heavy (non-hydrogen) atoms. The Morgan fingerprint density at radius 3 is 2.78 bits per heavy atom. The zero-order chi connectivity index (χ0) is 12.5. The summed E-state index contributed by atoms with van der Waals surface area (Å²) in [4.78, 5) is 14.6. The molecule has 0 aromatic rings. The fraction of sp³-hybridized carbons (Fsp3) is 0.929. The van der Waals surface area contributed by atoms with E-state index in [1.807, 2.05) is 0 Å². The third-order valence-corrected chi connectivity index (χ3v) is 4.71. The average molecular weight is 251 g/mol. The van der Waals surface area contributed by atoms with Gasteiger partial charge < -0.3 is 10.6 Å². The SMILES string of the molecule is CC(C(=O)NC1CC1)N1CCCC1C1CCCN1. The van der Waals surface area contributed by atoms with Crippen molar-refractivity contribution in [3.05, 3.63) is 0 Å². The van der Waals surface area contributed by atoms with Gasteiger partial charge in [-0.3, -0.25) is 9.69 Å². The molecule has 1 amide bonds. The molecule has 0 bridgehead atoms. The van der Waals surface area contributed by atoms with Crippen molar-refractivity contribution < 1.29 is 4.79 Å². The van der Waals surface area contributed by atoms with Gasteiger partial charge in [0.25, 0.3) is 0 Å². The highest BCUT2D eigenvalue weighted by Gasteiger charge is 2.38. The van der Waals surface area contributed by atoms with Gasteiger partial charge in [0.05, 0.1) is 6.04 Å². The summed E-state index contributed by atoms with van der Waals surface area (Å²) in [7, 11) is 0. The summed E-state index contributed by atoms with van der Waals surface area (Å²) in [6.07, 6.45) is 7.40. The van der Waals surface area contributed by atoms with Crippen LogP contribution in [0.3, 0.4) is 0 Å². The van der Waals surface area contributed by atoms with Crippen molar-refractivity contribution in [3.8, 4) is 0 Å². The van der Waals surface area contributed by atoms with Gasteiger partial charge in [0, 0.05) is 18.1 Å². The van der Waals surface area contributed by atoms with Crippen molar-refractivity contribution in [3.63, 3.8) is 0 Å². The van der Waals surface area contributed by atoms with Crippen LogP contribution < -0.4 is 10.6 Å². The molecule has 4 nitrogen and oxygen atoms in total. The first-order chi connectivity index (χ1) is 8.75. The van der Waals surface area contributed by atoms with Crippen LogP contribution in [0.15, 0.2) is 0 Å². The average Bonchev–Trinajstić information content (AvgIpc) is 2.88. The molecule has 4 heteroatoms. The maximum atomic E-state index is 12.2. The molecule has 2 N–H and O–H groups in total. The van der Waals surface area contributed by atoms with E-state index in [0.717, 1.165) is 13.1 Å². The number of carbonyl (C=O) groups is 1. The summed E-state index contributed by atoms with van der Waals surface area (Å²) in [5.74, 6) is 0.238. The van der Waals surface area contributed by atoms with Gasteiger partial charge in [-0.15, -0.1) is 0 Å². The van der Waals surface area contributed by atoms with Crippen molar-refractivity contribution >= 4 is 5.91 Å². The molecule has 3 rings (SSSR count). The van der Waals surface area contributed by atoms with Crippen LogP contribution in [0.5, 0.6) is 0 Å². The zero-order valence-electron chi connectivity index (χ0n) is 11.3. The lowest BCUT2D eigenvalue weighted by molar-refractivity contribution is -0.126. The minimum absolute atomic E-state index is 0.0421. The molecule has 0 spiro atoms. The zero-order valence-corrected chi connectivity index (χ0v) is 11.3. The highest BCUT2D eigenvalue weighted by atomic mass is 16.2. The van der Waals surface area contributed by atoms with Gasteiger partial charge in [0.15, 0.2) is 0 Å². The molecular weight excluding hydrogens is 226 g/mol. The first-order valence-corrected chi connectivity index (χ1v) is 7.55. The van der Waals surface area contributed by atoms with Crippen molar-refractivity contribution in [2.45, 2.75) is 69.6 Å². The van der Waals surface area contributed by atoms with Crippen molar-refractivity contribution in [1.29, 1.82) is 0 Å². The quantitative estimate of drug-likeness (QED) is 0.779. The Bertz CT molecular complexity index is 310. The summed E-state index contributed by atoms with van der Waals surface area (Å²) in [6, 6.07) is 1.71. The lowest BCUT2D eigenvalue weighted by Gasteiger charge is -2.33. The van der Waals surface area contributed by atoms with E-state index in [0.29, 0.717) is 18.1 Å². The summed E-state index contributed by atoms with van der Waals surface area (Å²) in [6.45, 7) is 4.31. The van der Waals surface area contributed by atoms with Crippen LogP contribution in [0.4, 0.5) is 0 Å². The predicted octanol–water partition coefficient (Wildman–Crippen LogP) is 0.870. The maximum Gasteiger partial charge on any atom is 0.237 e. The Kier molecular flexibility index (Phi) is 3.57. The summed E-state index contributed by atoms with van der Waals surface area (Å²) < 4.78 is 0. The van der Waals surface area contributed by atoms with E-state index in [9.17, 15) is 4.79 Å². The number of hydrogen-bond donors (Lipinski definition) is 2. The topological polar surface area (TPSA) is 44.4 Å². The van der Waals surface area contributed by atoms with E-state index in [-0.39, 0.29) is 11.9 Å². The fourth-order valence-electron chi connectivity index (χ4n) is 3.47. The van der Waals surface area contributed by atoms with E-state index in [1.165, 1.54) is 38.5 Å². The van der Waals surface area contributed by atoms with Gasteiger partial charge in [-0.1, -0.05) is 0 Å². The molecule has 1 saturated carbocycles. The normalized spacial score (nSPS) is 34.7. The number of nitrogens with zero attached hydrogens (tertiary/aromatic N) is 1. The summed E-state index contributed by atoms with van der Waals surface area (Å²) in [5, 5.41) is 6.74. The Morgan fingerprint density at radius 1 is 1.28 bits per heavy atom. The van der Waals surface area contributed by atoms with Crippen LogP contribution in [-0.2, 0) is 4.79 Å². The van der Waals surface area contributed by atoms with Gasteiger partial charge in [-0.2, -0.15) is 0 Å². The van der Waals surface area contributed by atoms with Gasteiger partial charge in [-0.25, -0.2) is 0 Å². The smallest absolute Gasteiger partial charge is 0.237 e. The molecular formula is C14H25N3O. The fourth-order valence-corrected chi connectivity index (χ4v) is 3.47. The van der Waals surface area contributed by atoms with Crippen LogP contribution in [0, 0.1) is 0 Å².